The van der Waals surface area contributed by atoms with E-state index in [2.05, 4.69) is 34.7 Å². The van der Waals surface area contributed by atoms with Gasteiger partial charge in [0, 0.05) is 38.6 Å². The topological polar surface area (TPSA) is 94.4 Å². The Bertz CT molecular complexity index is 1130. The number of anilines is 1. The second-order valence-corrected chi connectivity index (χ2v) is 9.13. The SMILES string of the molecule is CCN(CCC#N)CC1(C)CCN(c2ccc3c(=O)[nH]c(=O)n(C4CC4)c3c2OC)C1. The number of ether oxygens (including phenoxy) is 1. The van der Waals surface area contributed by atoms with E-state index in [1.807, 2.05) is 12.1 Å². The lowest BCUT2D eigenvalue weighted by atomic mass is 9.89. The number of nitriles is 1. The first-order valence-corrected chi connectivity index (χ1v) is 11.1. The molecule has 8 nitrogen and oxygen atoms in total. The van der Waals surface area contributed by atoms with Crippen molar-refractivity contribution >= 4 is 16.6 Å². The summed E-state index contributed by atoms with van der Waals surface area (Å²) in [7, 11) is 1.61. The summed E-state index contributed by atoms with van der Waals surface area (Å²) >= 11 is 0. The zero-order valence-corrected chi connectivity index (χ0v) is 18.6. The molecule has 0 radical (unpaired) electrons. The van der Waals surface area contributed by atoms with E-state index in [0.717, 1.165) is 57.7 Å². The molecule has 1 saturated carbocycles. The van der Waals surface area contributed by atoms with Crippen LogP contribution in [0.2, 0.25) is 0 Å². The number of nitrogens with zero attached hydrogens (tertiary/aromatic N) is 4. The maximum atomic E-state index is 12.6. The third-order valence-electron chi connectivity index (χ3n) is 6.64. The molecule has 166 valence electrons. The zero-order valence-electron chi connectivity index (χ0n) is 18.6. The average Bonchev–Trinajstić information content (AvgIpc) is 3.51. The molecule has 2 heterocycles. The smallest absolute Gasteiger partial charge is 0.329 e. The second kappa shape index (κ2) is 8.39. The minimum absolute atomic E-state index is 0.0930. The lowest BCUT2D eigenvalue weighted by molar-refractivity contribution is 0.189. The van der Waals surface area contributed by atoms with E-state index >= 15 is 0 Å². The van der Waals surface area contributed by atoms with Crippen molar-refractivity contribution in [3.8, 4) is 11.8 Å². The molecule has 1 aliphatic carbocycles. The third kappa shape index (κ3) is 4.07. The Morgan fingerprint density at radius 1 is 1.35 bits per heavy atom. The Labute approximate surface area is 182 Å². The Morgan fingerprint density at radius 2 is 2.13 bits per heavy atom. The predicted octanol–water partition coefficient (Wildman–Crippen LogP) is 2.49. The minimum Gasteiger partial charge on any atom is -0.492 e. The Balaban J connectivity index is 1.69. The molecule has 2 fully saturated rings. The molecule has 2 aromatic rings. The van der Waals surface area contributed by atoms with Crippen LogP contribution in [0.3, 0.4) is 0 Å². The van der Waals surface area contributed by atoms with E-state index < -0.39 is 0 Å². The van der Waals surface area contributed by atoms with Crippen molar-refractivity contribution in [1.29, 1.82) is 5.26 Å². The molecular weight excluding hydrogens is 394 g/mol. The summed E-state index contributed by atoms with van der Waals surface area (Å²) in [4.78, 5) is 32.2. The van der Waals surface area contributed by atoms with Gasteiger partial charge < -0.3 is 14.5 Å². The fourth-order valence-corrected chi connectivity index (χ4v) is 4.90. The Hall–Kier alpha value is -2.79. The summed E-state index contributed by atoms with van der Waals surface area (Å²) in [5.74, 6) is 0.605. The molecule has 1 atom stereocenters. The van der Waals surface area contributed by atoms with Gasteiger partial charge in [-0.05, 0) is 43.4 Å². The highest BCUT2D eigenvalue weighted by Crippen LogP contribution is 2.43. The summed E-state index contributed by atoms with van der Waals surface area (Å²) in [6, 6.07) is 6.12. The number of fused-ring (bicyclic) bond motifs is 1. The lowest BCUT2D eigenvalue weighted by Gasteiger charge is -2.32. The van der Waals surface area contributed by atoms with Gasteiger partial charge >= 0.3 is 5.69 Å². The van der Waals surface area contributed by atoms with Gasteiger partial charge in [0.25, 0.3) is 5.56 Å². The van der Waals surface area contributed by atoms with Crippen LogP contribution in [0, 0.1) is 16.7 Å². The largest absolute Gasteiger partial charge is 0.492 e. The van der Waals surface area contributed by atoms with E-state index in [4.69, 9.17) is 10.00 Å². The van der Waals surface area contributed by atoms with Crippen molar-refractivity contribution in [2.75, 3.05) is 44.7 Å². The molecule has 1 aliphatic heterocycles. The van der Waals surface area contributed by atoms with Gasteiger partial charge in [-0.1, -0.05) is 13.8 Å². The predicted molar refractivity (Wildman–Crippen MR) is 121 cm³/mol. The van der Waals surface area contributed by atoms with Crippen molar-refractivity contribution in [1.82, 2.24) is 14.5 Å². The molecule has 1 aromatic heterocycles. The molecule has 1 unspecified atom stereocenters. The fourth-order valence-electron chi connectivity index (χ4n) is 4.90. The van der Waals surface area contributed by atoms with Crippen molar-refractivity contribution in [3.05, 3.63) is 33.0 Å². The molecule has 31 heavy (non-hydrogen) atoms. The van der Waals surface area contributed by atoms with Crippen LogP contribution in [0.4, 0.5) is 5.69 Å². The Kier molecular flexibility index (Phi) is 5.80. The molecule has 0 spiro atoms. The number of H-pyrrole nitrogens is 1. The third-order valence-corrected chi connectivity index (χ3v) is 6.64. The Morgan fingerprint density at radius 3 is 2.77 bits per heavy atom. The highest BCUT2D eigenvalue weighted by Gasteiger charge is 2.37. The monoisotopic (exact) mass is 425 g/mol. The number of aromatic amines is 1. The highest BCUT2D eigenvalue weighted by atomic mass is 16.5. The molecule has 4 rings (SSSR count). The summed E-state index contributed by atoms with van der Waals surface area (Å²) in [6.45, 7) is 8.81. The van der Waals surface area contributed by atoms with Crippen molar-refractivity contribution in [2.24, 2.45) is 5.41 Å². The molecule has 1 N–H and O–H groups in total. The quantitative estimate of drug-likeness (QED) is 0.698. The summed E-state index contributed by atoms with van der Waals surface area (Å²) in [5.41, 5.74) is 0.893. The number of rotatable bonds is 8. The maximum absolute atomic E-state index is 12.6. The maximum Gasteiger partial charge on any atom is 0.329 e. The summed E-state index contributed by atoms with van der Waals surface area (Å²) < 4.78 is 7.53. The van der Waals surface area contributed by atoms with Crippen LogP contribution in [0.15, 0.2) is 21.7 Å². The summed E-state index contributed by atoms with van der Waals surface area (Å²) in [6.07, 6.45) is 3.44. The van der Waals surface area contributed by atoms with Crippen molar-refractivity contribution < 1.29 is 4.74 Å². The van der Waals surface area contributed by atoms with Crippen LogP contribution in [0.1, 0.15) is 45.6 Å². The van der Waals surface area contributed by atoms with Crippen LogP contribution in [0.5, 0.6) is 5.75 Å². The van der Waals surface area contributed by atoms with E-state index in [0.29, 0.717) is 23.1 Å². The van der Waals surface area contributed by atoms with Gasteiger partial charge in [-0.2, -0.15) is 5.26 Å². The molecule has 8 heteroatoms. The molecule has 1 aromatic carbocycles. The number of aromatic nitrogens is 2. The molecule has 0 bridgehead atoms. The van der Waals surface area contributed by atoms with Crippen LogP contribution in [-0.2, 0) is 0 Å². The number of nitrogens with one attached hydrogen (secondary N) is 1. The first-order valence-electron chi connectivity index (χ1n) is 11.1. The first kappa shape index (κ1) is 21.4. The highest BCUT2D eigenvalue weighted by molar-refractivity contribution is 5.90. The van der Waals surface area contributed by atoms with E-state index in [1.165, 1.54) is 0 Å². The fraction of sp³-hybridized carbons (Fsp3) is 0.609. The first-order chi connectivity index (χ1) is 14.9. The van der Waals surface area contributed by atoms with Crippen LogP contribution >= 0.6 is 0 Å². The van der Waals surface area contributed by atoms with Crippen LogP contribution in [0.25, 0.3) is 10.9 Å². The van der Waals surface area contributed by atoms with Gasteiger partial charge in [-0.3, -0.25) is 14.3 Å². The van der Waals surface area contributed by atoms with Crippen LogP contribution in [-0.4, -0.2) is 54.3 Å². The number of methoxy groups -OCH3 is 1. The summed E-state index contributed by atoms with van der Waals surface area (Å²) in [5, 5.41) is 9.42. The molecule has 2 aliphatic rings. The van der Waals surface area contributed by atoms with Crippen molar-refractivity contribution in [2.45, 2.75) is 45.6 Å². The minimum atomic E-state index is -0.371. The van der Waals surface area contributed by atoms with Crippen LogP contribution < -0.4 is 20.9 Å². The van der Waals surface area contributed by atoms with E-state index in [-0.39, 0.29) is 22.7 Å². The van der Waals surface area contributed by atoms with Gasteiger partial charge in [-0.15, -0.1) is 0 Å². The van der Waals surface area contributed by atoms with Gasteiger partial charge in [0.15, 0.2) is 5.75 Å². The van der Waals surface area contributed by atoms with Gasteiger partial charge in [0.1, 0.15) is 5.52 Å². The molecule has 1 saturated heterocycles. The normalized spacial score (nSPS) is 21.1. The van der Waals surface area contributed by atoms with Gasteiger partial charge in [-0.25, -0.2) is 4.79 Å². The molecule has 0 amide bonds. The number of hydrogen-bond acceptors (Lipinski definition) is 6. The van der Waals surface area contributed by atoms with Crippen molar-refractivity contribution in [3.63, 3.8) is 0 Å². The lowest BCUT2D eigenvalue weighted by Crippen LogP contribution is -2.38. The standard InChI is InChI=1S/C23H31N5O3/c1-4-26(12-5-11-24)14-23(2)10-13-27(15-23)18-9-8-17-19(20(18)31-3)28(16-6-7-16)22(30)25-21(17)29/h8-9,16H,4-7,10,12-15H2,1-3H3,(H,25,29,30). The number of benzene rings is 1. The zero-order chi connectivity index (χ0) is 22.2. The van der Waals surface area contributed by atoms with Gasteiger partial charge in [0.2, 0.25) is 0 Å². The second-order valence-electron chi connectivity index (χ2n) is 9.13. The average molecular weight is 426 g/mol. The van der Waals surface area contributed by atoms with E-state index in [1.54, 1.807) is 11.7 Å². The van der Waals surface area contributed by atoms with Gasteiger partial charge in [0.05, 0.1) is 24.3 Å². The molecular formula is C23H31N5O3. The number of hydrogen-bond donors (Lipinski definition) is 1. The van der Waals surface area contributed by atoms with E-state index in [9.17, 15) is 9.59 Å².